The summed E-state index contributed by atoms with van der Waals surface area (Å²) in [6, 6.07) is 20.1. The van der Waals surface area contributed by atoms with Crippen molar-refractivity contribution >= 4 is 59.7 Å². The molecular weight excluding hydrogens is 563 g/mol. The van der Waals surface area contributed by atoms with E-state index in [2.05, 4.69) is 4.99 Å². The molecule has 0 heterocycles. The molecule has 3 rings (SSSR count). The Hall–Kier alpha value is -4.70. The van der Waals surface area contributed by atoms with Gasteiger partial charge in [-0.2, -0.15) is 9.59 Å². The Labute approximate surface area is 240 Å². The number of halogens is 2. The van der Waals surface area contributed by atoms with Crippen LogP contribution in [0.3, 0.4) is 0 Å². The number of guanidine groups is 1. The summed E-state index contributed by atoms with van der Waals surface area (Å²) in [6.07, 6.45) is 0.677. The quantitative estimate of drug-likeness (QED) is 0.139. The van der Waals surface area contributed by atoms with E-state index in [-0.39, 0.29) is 49.1 Å². The predicted molar refractivity (Wildman–Crippen MR) is 149 cm³/mol. The van der Waals surface area contributed by atoms with E-state index in [0.717, 1.165) is 5.56 Å². The topological polar surface area (TPSA) is 182 Å². The molecule has 0 saturated carbocycles. The number of carbonyl (C=O) groups excluding carboxylic acids is 4. The lowest BCUT2D eigenvalue weighted by Gasteiger charge is -2.21. The minimum absolute atomic E-state index is 0. The second-order valence-corrected chi connectivity index (χ2v) is 8.34. The minimum Gasteiger partial charge on any atom is -0.480 e. The molecule has 11 nitrogen and oxygen atoms in total. The fourth-order valence-corrected chi connectivity index (χ4v) is 3.64. The Morgan fingerprint density at radius 2 is 1.60 bits per heavy atom. The maximum atomic E-state index is 12.7. The monoisotopic (exact) mass is 588 g/mol. The van der Waals surface area contributed by atoms with Gasteiger partial charge in [0.05, 0.1) is 17.7 Å². The Bertz CT molecular complexity index is 1360. The van der Waals surface area contributed by atoms with E-state index in [9.17, 15) is 19.5 Å². The van der Waals surface area contributed by atoms with Gasteiger partial charge in [0.15, 0.2) is 5.96 Å². The van der Waals surface area contributed by atoms with Crippen molar-refractivity contribution < 1.29 is 33.8 Å². The third kappa shape index (κ3) is 11.4. The summed E-state index contributed by atoms with van der Waals surface area (Å²) in [5.41, 5.74) is 12.9. The van der Waals surface area contributed by atoms with Gasteiger partial charge in [-0.3, -0.25) is 9.59 Å². The van der Waals surface area contributed by atoms with Crippen molar-refractivity contribution in [1.82, 2.24) is 4.90 Å². The molecule has 0 atom stereocenters. The number of hydrogen-bond donors (Lipinski definition) is 3. The summed E-state index contributed by atoms with van der Waals surface area (Å²) in [5, 5.41) is 9.56. The first-order chi connectivity index (χ1) is 18.6. The van der Waals surface area contributed by atoms with Crippen molar-refractivity contribution in [3.63, 3.8) is 0 Å². The molecule has 5 N–H and O–H groups in total. The molecule has 0 unspecified atom stereocenters. The SMILES string of the molecule is Cl.NC(N)=Nc1ccc(C(=O)Oc2ccc(CCN(CC(=O)O)C(=O)Cc3ccccc3)c(Cl)c2)cc1.O=C=O. The summed E-state index contributed by atoms with van der Waals surface area (Å²) in [5.74, 6) is -1.84. The predicted octanol–water partition coefficient (Wildman–Crippen LogP) is 3.00. The van der Waals surface area contributed by atoms with Crippen molar-refractivity contribution in [2.45, 2.75) is 12.8 Å². The molecule has 0 aliphatic rings. The third-order valence-corrected chi connectivity index (χ3v) is 5.48. The van der Waals surface area contributed by atoms with E-state index in [1.807, 2.05) is 30.3 Å². The van der Waals surface area contributed by atoms with Gasteiger partial charge in [0.2, 0.25) is 5.91 Å². The first-order valence-corrected chi connectivity index (χ1v) is 11.7. The first-order valence-electron chi connectivity index (χ1n) is 11.4. The average Bonchev–Trinajstić information content (AvgIpc) is 2.88. The van der Waals surface area contributed by atoms with Gasteiger partial charge in [0, 0.05) is 11.6 Å². The molecule has 0 spiro atoms. The lowest BCUT2D eigenvalue weighted by molar-refractivity contribution is -0.191. The van der Waals surface area contributed by atoms with Crippen molar-refractivity contribution in [2.75, 3.05) is 13.1 Å². The fourth-order valence-electron chi connectivity index (χ4n) is 3.37. The molecule has 3 aromatic carbocycles. The lowest BCUT2D eigenvalue weighted by Crippen LogP contribution is -2.38. The average molecular weight is 589 g/mol. The Balaban J connectivity index is 0.00000191. The van der Waals surface area contributed by atoms with Crippen molar-refractivity contribution in [3.05, 3.63) is 94.5 Å². The van der Waals surface area contributed by atoms with E-state index in [0.29, 0.717) is 28.3 Å². The molecule has 3 aromatic rings. The molecule has 1 amide bonds. The second-order valence-electron chi connectivity index (χ2n) is 7.93. The van der Waals surface area contributed by atoms with Gasteiger partial charge in [-0.05, 0) is 53.9 Å². The van der Waals surface area contributed by atoms with Crippen molar-refractivity contribution in [1.29, 1.82) is 0 Å². The van der Waals surface area contributed by atoms with Crippen LogP contribution in [-0.4, -0.2) is 53.1 Å². The standard InChI is InChI=1S/C26H25ClN4O5.CO2.ClH/c27-22-15-21(36-25(35)19-6-9-20(10-7-19)30-26(28)29)11-8-18(22)12-13-31(16-24(33)34)23(32)14-17-4-2-1-3-5-17;2-1-3;/h1-11,15H,12-14,16H2,(H,33,34)(H4,28,29,30);;1H. The number of ether oxygens (including phenoxy) is 1. The highest BCUT2D eigenvalue weighted by molar-refractivity contribution is 6.31. The number of hydrogen-bond acceptors (Lipinski definition) is 7. The van der Waals surface area contributed by atoms with Crippen molar-refractivity contribution in [2.24, 2.45) is 16.5 Å². The summed E-state index contributed by atoms with van der Waals surface area (Å²) < 4.78 is 5.39. The summed E-state index contributed by atoms with van der Waals surface area (Å²) in [7, 11) is 0. The van der Waals surface area contributed by atoms with Crippen LogP contribution >= 0.6 is 24.0 Å². The van der Waals surface area contributed by atoms with Crippen molar-refractivity contribution in [3.8, 4) is 5.75 Å². The number of benzene rings is 3. The number of esters is 1. The zero-order chi connectivity index (χ0) is 28.8. The first kappa shape index (κ1) is 33.3. The number of rotatable bonds is 10. The van der Waals surface area contributed by atoms with Crippen LogP contribution in [0, 0.1) is 0 Å². The number of aliphatic imine (C=N–C) groups is 1. The van der Waals surface area contributed by atoms with Crippen LogP contribution in [0.25, 0.3) is 0 Å². The molecule has 0 radical (unpaired) electrons. The Kier molecular flexibility index (Phi) is 14.2. The molecule has 0 aliphatic carbocycles. The van der Waals surface area contributed by atoms with Gasteiger partial charge >= 0.3 is 18.1 Å². The fraction of sp³-hybridized carbons (Fsp3) is 0.148. The van der Waals surface area contributed by atoms with E-state index >= 15 is 0 Å². The number of nitrogens with zero attached hydrogens (tertiary/aromatic N) is 2. The maximum Gasteiger partial charge on any atom is 0.373 e. The maximum absolute atomic E-state index is 12.7. The Morgan fingerprint density at radius 3 is 2.15 bits per heavy atom. The van der Waals surface area contributed by atoms with Gasteiger partial charge in [-0.1, -0.05) is 48.0 Å². The highest BCUT2D eigenvalue weighted by Crippen LogP contribution is 2.24. The van der Waals surface area contributed by atoms with Crippen LogP contribution in [0.15, 0.2) is 77.8 Å². The third-order valence-electron chi connectivity index (χ3n) is 5.12. The van der Waals surface area contributed by atoms with E-state index in [1.54, 1.807) is 24.3 Å². The summed E-state index contributed by atoms with van der Waals surface area (Å²) >= 11 is 6.38. The highest BCUT2D eigenvalue weighted by atomic mass is 35.5. The van der Waals surface area contributed by atoms with E-state index in [4.69, 9.17) is 37.4 Å². The van der Waals surface area contributed by atoms with Gasteiger partial charge in [0.25, 0.3) is 0 Å². The molecule has 13 heteroatoms. The zero-order valence-corrected chi connectivity index (χ0v) is 22.6. The van der Waals surface area contributed by atoms with Crippen LogP contribution in [0.1, 0.15) is 21.5 Å². The molecule has 0 fully saturated rings. The number of aliphatic carboxylic acids is 1. The molecule has 40 heavy (non-hydrogen) atoms. The summed E-state index contributed by atoms with van der Waals surface area (Å²) in [6.45, 7) is -0.250. The van der Waals surface area contributed by atoms with Crippen LogP contribution in [0.4, 0.5) is 5.69 Å². The molecule has 0 bridgehead atoms. The molecule has 0 aliphatic heterocycles. The van der Waals surface area contributed by atoms with Gasteiger partial charge in [-0.25, -0.2) is 9.79 Å². The summed E-state index contributed by atoms with van der Waals surface area (Å²) in [4.78, 5) is 57.8. The zero-order valence-electron chi connectivity index (χ0n) is 21.0. The van der Waals surface area contributed by atoms with E-state index in [1.165, 1.54) is 23.1 Å². The van der Waals surface area contributed by atoms with Crippen LogP contribution in [-0.2, 0) is 32.0 Å². The van der Waals surface area contributed by atoms with Gasteiger partial charge in [0.1, 0.15) is 12.3 Å². The molecule has 210 valence electrons. The van der Waals surface area contributed by atoms with Crippen LogP contribution in [0.5, 0.6) is 5.75 Å². The lowest BCUT2D eigenvalue weighted by atomic mass is 10.1. The second kappa shape index (κ2) is 17.0. The largest absolute Gasteiger partial charge is 0.480 e. The Morgan fingerprint density at radius 1 is 0.975 bits per heavy atom. The smallest absolute Gasteiger partial charge is 0.373 e. The molecule has 0 aromatic heterocycles. The number of carboxylic acid groups (broad SMARTS) is 1. The number of carbonyl (C=O) groups is 3. The number of amides is 1. The molecule has 0 saturated heterocycles. The van der Waals surface area contributed by atoms with Crippen LogP contribution in [0.2, 0.25) is 5.02 Å². The van der Waals surface area contributed by atoms with Gasteiger partial charge < -0.3 is 26.2 Å². The number of carboxylic acids is 1. The molecular formula is C27H26Cl2N4O7. The van der Waals surface area contributed by atoms with Gasteiger partial charge in [-0.15, -0.1) is 12.4 Å². The highest BCUT2D eigenvalue weighted by Gasteiger charge is 2.18. The van der Waals surface area contributed by atoms with E-state index < -0.39 is 18.5 Å². The normalized spacial score (nSPS) is 9.53. The van der Waals surface area contributed by atoms with Crippen LogP contribution < -0.4 is 16.2 Å². The minimum atomic E-state index is -1.10. The number of nitrogens with two attached hydrogens (primary N) is 2.